The van der Waals surface area contributed by atoms with Crippen molar-refractivity contribution in [2.75, 3.05) is 11.1 Å². The molecule has 0 aliphatic carbocycles. The Balaban J connectivity index is 2.40. The molecule has 0 amide bonds. The Bertz CT molecular complexity index is 602. The number of nitrogens with one attached hydrogen (secondary N) is 1. The summed E-state index contributed by atoms with van der Waals surface area (Å²) < 4.78 is 14.9. The second kappa shape index (κ2) is 5.44. The largest absolute Gasteiger partial charge is 0.398 e. The van der Waals surface area contributed by atoms with Crippen LogP contribution in [0.1, 0.15) is 5.56 Å². The van der Waals surface area contributed by atoms with Crippen LogP contribution >= 0.6 is 38.5 Å². The van der Waals surface area contributed by atoms with Crippen molar-refractivity contribution in [1.82, 2.24) is 0 Å². The summed E-state index contributed by atoms with van der Waals surface area (Å²) in [5, 5.41) is 3.20. The summed E-state index contributed by atoms with van der Waals surface area (Å²) in [6.45, 7) is 1.93. The van der Waals surface area contributed by atoms with Gasteiger partial charge in [0.2, 0.25) is 0 Å². The maximum atomic E-state index is 13.4. The van der Waals surface area contributed by atoms with Crippen LogP contribution in [0.25, 0.3) is 0 Å². The molecule has 3 N–H and O–H groups in total. The fourth-order valence-electron chi connectivity index (χ4n) is 1.54. The first-order valence-electron chi connectivity index (χ1n) is 5.25. The lowest BCUT2D eigenvalue weighted by atomic mass is 10.2. The molecule has 2 aromatic rings. The first-order chi connectivity index (χ1) is 8.49. The maximum absolute atomic E-state index is 13.4. The van der Waals surface area contributed by atoms with Crippen LogP contribution in [0.3, 0.4) is 0 Å². The number of aryl methyl sites for hydroxylation is 1. The van der Waals surface area contributed by atoms with E-state index >= 15 is 0 Å². The highest BCUT2D eigenvalue weighted by atomic mass is 127. The van der Waals surface area contributed by atoms with Gasteiger partial charge in [0.25, 0.3) is 0 Å². The average molecular weight is 421 g/mol. The Morgan fingerprint density at radius 1 is 1.28 bits per heavy atom. The zero-order chi connectivity index (χ0) is 13.3. The van der Waals surface area contributed by atoms with E-state index in [9.17, 15) is 4.39 Å². The molecule has 0 fully saturated rings. The van der Waals surface area contributed by atoms with Gasteiger partial charge in [-0.2, -0.15) is 0 Å². The lowest BCUT2D eigenvalue weighted by Crippen LogP contribution is -1.98. The summed E-state index contributed by atoms with van der Waals surface area (Å²) in [7, 11) is 0. The Hall–Kier alpha value is -0.820. The van der Waals surface area contributed by atoms with E-state index in [1.165, 1.54) is 6.07 Å². The van der Waals surface area contributed by atoms with E-state index in [0.717, 1.165) is 27.1 Å². The van der Waals surface area contributed by atoms with Crippen molar-refractivity contribution in [2.45, 2.75) is 6.92 Å². The van der Waals surface area contributed by atoms with Gasteiger partial charge in [-0.3, -0.25) is 0 Å². The third kappa shape index (κ3) is 2.77. The number of nitrogens with two attached hydrogens (primary N) is 1. The van der Waals surface area contributed by atoms with Crippen molar-refractivity contribution < 1.29 is 4.39 Å². The summed E-state index contributed by atoms with van der Waals surface area (Å²) in [5.41, 5.74) is 9.12. The van der Waals surface area contributed by atoms with Gasteiger partial charge in [-0.25, -0.2) is 4.39 Å². The molecule has 2 rings (SSSR count). The summed E-state index contributed by atoms with van der Waals surface area (Å²) in [6, 6.07) is 8.72. The predicted octanol–water partition coefficient (Wildman–Crippen LogP) is 4.83. The minimum atomic E-state index is -0.233. The Morgan fingerprint density at radius 3 is 2.72 bits per heavy atom. The number of hydrogen-bond acceptors (Lipinski definition) is 2. The molecular weight excluding hydrogens is 410 g/mol. The molecule has 0 spiro atoms. The van der Waals surface area contributed by atoms with E-state index in [0.29, 0.717) is 3.57 Å². The molecule has 0 radical (unpaired) electrons. The van der Waals surface area contributed by atoms with Crippen LogP contribution in [0.4, 0.5) is 21.5 Å². The van der Waals surface area contributed by atoms with Gasteiger partial charge in [0.1, 0.15) is 5.82 Å². The van der Waals surface area contributed by atoms with Crippen LogP contribution in [0.2, 0.25) is 0 Å². The number of rotatable bonds is 2. The third-order valence-corrected chi connectivity index (χ3v) is 4.33. The van der Waals surface area contributed by atoms with E-state index in [-0.39, 0.29) is 5.82 Å². The SMILES string of the molecule is Cc1cc(Nc2cccc(F)c2I)c(Br)cc1N. The van der Waals surface area contributed by atoms with E-state index < -0.39 is 0 Å². The Labute approximate surface area is 127 Å². The number of hydrogen-bond donors (Lipinski definition) is 2. The van der Waals surface area contributed by atoms with Crippen molar-refractivity contribution >= 4 is 55.6 Å². The van der Waals surface area contributed by atoms with Gasteiger partial charge in [-0.15, -0.1) is 0 Å². The monoisotopic (exact) mass is 420 g/mol. The smallest absolute Gasteiger partial charge is 0.138 e. The Morgan fingerprint density at radius 2 is 2.00 bits per heavy atom. The maximum Gasteiger partial charge on any atom is 0.138 e. The van der Waals surface area contributed by atoms with E-state index in [2.05, 4.69) is 21.2 Å². The van der Waals surface area contributed by atoms with Gasteiger partial charge < -0.3 is 11.1 Å². The topological polar surface area (TPSA) is 38.0 Å². The van der Waals surface area contributed by atoms with Crippen LogP contribution in [0, 0.1) is 16.3 Å². The normalized spacial score (nSPS) is 10.4. The number of halogens is 3. The zero-order valence-corrected chi connectivity index (χ0v) is 13.3. The highest BCUT2D eigenvalue weighted by molar-refractivity contribution is 14.1. The second-order valence-corrected chi connectivity index (χ2v) is 5.85. The summed E-state index contributed by atoms with van der Waals surface area (Å²) in [4.78, 5) is 0. The number of nitrogen functional groups attached to an aromatic ring is 1. The van der Waals surface area contributed by atoms with Crippen molar-refractivity contribution in [3.8, 4) is 0 Å². The molecule has 0 aliphatic heterocycles. The molecule has 2 nitrogen and oxygen atoms in total. The van der Waals surface area contributed by atoms with Gasteiger partial charge in [0, 0.05) is 10.2 Å². The van der Waals surface area contributed by atoms with Gasteiger partial charge >= 0.3 is 0 Å². The molecule has 0 aromatic heterocycles. The quantitative estimate of drug-likeness (QED) is 0.539. The fraction of sp³-hybridized carbons (Fsp3) is 0.0769. The van der Waals surface area contributed by atoms with Crippen LogP contribution in [-0.2, 0) is 0 Å². The summed E-state index contributed by atoms with van der Waals surface area (Å²) in [5.74, 6) is -0.233. The van der Waals surface area contributed by atoms with Crippen LogP contribution in [-0.4, -0.2) is 0 Å². The van der Waals surface area contributed by atoms with Gasteiger partial charge in [-0.1, -0.05) is 6.07 Å². The zero-order valence-electron chi connectivity index (χ0n) is 9.60. The molecule has 94 valence electrons. The number of benzene rings is 2. The second-order valence-electron chi connectivity index (χ2n) is 3.92. The van der Waals surface area contributed by atoms with Crippen molar-refractivity contribution in [2.24, 2.45) is 0 Å². The van der Waals surface area contributed by atoms with Crippen LogP contribution < -0.4 is 11.1 Å². The van der Waals surface area contributed by atoms with Crippen molar-refractivity contribution in [3.63, 3.8) is 0 Å². The van der Waals surface area contributed by atoms with E-state index in [4.69, 9.17) is 5.73 Å². The van der Waals surface area contributed by atoms with E-state index in [1.54, 1.807) is 6.07 Å². The molecule has 0 saturated carbocycles. The molecule has 0 atom stereocenters. The average Bonchev–Trinajstić information content (AvgIpc) is 2.32. The van der Waals surface area contributed by atoms with Gasteiger partial charge in [0.15, 0.2) is 0 Å². The minimum Gasteiger partial charge on any atom is -0.398 e. The Kier molecular flexibility index (Phi) is 4.11. The molecule has 2 aromatic carbocycles. The number of anilines is 3. The highest BCUT2D eigenvalue weighted by Gasteiger charge is 2.08. The molecule has 18 heavy (non-hydrogen) atoms. The molecule has 0 saturated heterocycles. The standard InChI is InChI=1S/C13H11BrFIN2/c1-7-5-12(8(14)6-10(7)17)18-11-4-2-3-9(15)13(11)16/h2-6,18H,17H2,1H3. The fourth-order valence-corrected chi connectivity index (χ4v) is 2.49. The predicted molar refractivity (Wildman–Crippen MR) is 85.7 cm³/mol. The first kappa shape index (κ1) is 13.6. The summed E-state index contributed by atoms with van der Waals surface area (Å²) >= 11 is 5.42. The molecule has 0 unspecified atom stereocenters. The van der Waals surface area contributed by atoms with Gasteiger partial charge in [-0.05, 0) is 75.3 Å². The first-order valence-corrected chi connectivity index (χ1v) is 7.13. The molecule has 0 heterocycles. The highest BCUT2D eigenvalue weighted by Crippen LogP contribution is 2.32. The minimum absolute atomic E-state index is 0.233. The van der Waals surface area contributed by atoms with Crippen molar-refractivity contribution in [3.05, 3.63) is 49.8 Å². The molecule has 5 heteroatoms. The lowest BCUT2D eigenvalue weighted by molar-refractivity contribution is 0.621. The molecule has 0 bridgehead atoms. The van der Waals surface area contributed by atoms with Gasteiger partial charge in [0.05, 0.1) is 14.9 Å². The third-order valence-electron chi connectivity index (χ3n) is 2.58. The molecular formula is C13H11BrFIN2. The van der Waals surface area contributed by atoms with Crippen LogP contribution in [0.15, 0.2) is 34.8 Å². The van der Waals surface area contributed by atoms with Crippen LogP contribution in [0.5, 0.6) is 0 Å². The van der Waals surface area contributed by atoms with E-state index in [1.807, 2.05) is 47.7 Å². The lowest BCUT2D eigenvalue weighted by Gasteiger charge is -2.12. The van der Waals surface area contributed by atoms with Crippen molar-refractivity contribution in [1.29, 1.82) is 0 Å². The molecule has 0 aliphatic rings. The summed E-state index contributed by atoms with van der Waals surface area (Å²) in [6.07, 6.45) is 0.